The van der Waals surface area contributed by atoms with Crippen molar-refractivity contribution in [2.24, 2.45) is 0 Å². The van der Waals surface area contributed by atoms with Crippen LogP contribution in [-0.4, -0.2) is 5.11 Å². The van der Waals surface area contributed by atoms with Crippen LogP contribution in [-0.2, 0) is 6.42 Å². The fourth-order valence-corrected chi connectivity index (χ4v) is 2.49. The molecule has 0 bridgehead atoms. The van der Waals surface area contributed by atoms with Gasteiger partial charge in [0.15, 0.2) is 0 Å². The summed E-state index contributed by atoms with van der Waals surface area (Å²) in [4.78, 5) is 0. The molecule has 0 aromatic heterocycles. The predicted octanol–water partition coefficient (Wildman–Crippen LogP) is 5.42. The van der Waals surface area contributed by atoms with Crippen molar-refractivity contribution in [3.8, 4) is 5.75 Å². The molecule has 0 spiro atoms. The summed E-state index contributed by atoms with van der Waals surface area (Å²) in [7, 11) is 0. The molecule has 0 aliphatic heterocycles. The molecule has 0 aliphatic rings. The fraction of sp³-hybridized carbons (Fsp3) is 0.647. The lowest BCUT2D eigenvalue weighted by molar-refractivity contribution is 0.464. The van der Waals surface area contributed by atoms with E-state index in [0.29, 0.717) is 11.7 Å². The van der Waals surface area contributed by atoms with Crippen LogP contribution in [0.4, 0.5) is 0 Å². The van der Waals surface area contributed by atoms with E-state index in [4.69, 9.17) is 0 Å². The molecule has 0 amide bonds. The van der Waals surface area contributed by atoms with Crippen molar-refractivity contribution in [3.05, 3.63) is 29.3 Å². The molecule has 0 fully saturated rings. The Morgan fingerprint density at radius 2 is 1.67 bits per heavy atom. The molecule has 0 radical (unpaired) electrons. The maximum Gasteiger partial charge on any atom is 0.119 e. The molecule has 0 saturated carbocycles. The average Bonchev–Trinajstić information content (AvgIpc) is 2.34. The summed E-state index contributed by atoms with van der Waals surface area (Å²) in [5.74, 6) is 0.974. The Morgan fingerprint density at radius 1 is 1.00 bits per heavy atom. The third-order valence-corrected chi connectivity index (χ3v) is 3.59. The summed E-state index contributed by atoms with van der Waals surface area (Å²) >= 11 is 0. The summed E-state index contributed by atoms with van der Waals surface area (Å²) in [6.45, 7) is 6.63. The van der Waals surface area contributed by atoms with Crippen molar-refractivity contribution in [2.45, 2.75) is 71.6 Å². The molecule has 0 atom stereocenters. The van der Waals surface area contributed by atoms with Gasteiger partial charge in [0.1, 0.15) is 5.75 Å². The maximum atomic E-state index is 9.98. The predicted molar refractivity (Wildman–Crippen MR) is 79.3 cm³/mol. The molecule has 1 N–H and O–H groups in total. The van der Waals surface area contributed by atoms with Crippen LogP contribution in [0.5, 0.6) is 5.75 Å². The molecular weight excluding hydrogens is 220 g/mol. The van der Waals surface area contributed by atoms with Gasteiger partial charge in [-0.05, 0) is 36.0 Å². The summed E-state index contributed by atoms with van der Waals surface area (Å²) in [5.41, 5.74) is 2.48. The van der Waals surface area contributed by atoms with Crippen LogP contribution in [0, 0.1) is 0 Å². The highest BCUT2D eigenvalue weighted by atomic mass is 16.3. The van der Waals surface area contributed by atoms with Crippen molar-refractivity contribution in [1.29, 1.82) is 0 Å². The molecular formula is C17H28O. The highest BCUT2D eigenvalue weighted by Crippen LogP contribution is 2.28. The standard InChI is InChI=1S/C17H28O/c1-4-5-6-7-8-9-11-16-15(14(2)3)12-10-13-17(16)18/h10,12-14,18H,4-9,11H2,1-3H3. The second-order valence-corrected chi connectivity index (χ2v) is 5.52. The Balaban J connectivity index is 2.46. The summed E-state index contributed by atoms with van der Waals surface area (Å²) in [6, 6.07) is 5.92. The quantitative estimate of drug-likeness (QED) is 0.609. The van der Waals surface area contributed by atoms with Crippen molar-refractivity contribution in [3.63, 3.8) is 0 Å². The average molecular weight is 248 g/mol. The van der Waals surface area contributed by atoms with Crippen LogP contribution >= 0.6 is 0 Å². The van der Waals surface area contributed by atoms with Crippen LogP contribution in [0.1, 0.15) is 76.3 Å². The Hall–Kier alpha value is -0.980. The fourth-order valence-electron chi connectivity index (χ4n) is 2.49. The highest BCUT2D eigenvalue weighted by Gasteiger charge is 2.10. The van der Waals surface area contributed by atoms with Gasteiger partial charge in [-0.3, -0.25) is 0 Å². The first-order valence-electron chi connectivity index (χ1n) is 7.47. The van der Waals surface area contributed by atoms with Crippen LogP contribution in [0.2, 0.25) is 0 Å². The van der Waals surface area contributed by atoms with Gasteiger partial charge in [-0.25, -0.2) is 0 Å². The summed E-state index contributed by atoms with van der Waals surface area (Å²) < 4.78 is 0. The number of aromatic hydroxyl groups is 1. The third-order valence-electron chi connectivity index (χ3n) is 3.59. The van der Waals surface area contributed by atoms with E-state index in [1.54, 1.807) is 0 Å². The van der Waals surface area contributed by atoms with E-state index >= 15 is 0 Å². The molecule has 102 valence electrons. The molecule has 18 heavy (non-hydrogen) atoms. The maximum absolute atomic E-state index is 9.98. The smallest absolute Gasteiger partial charge is 0.119 e. The number of phenolic OH excluding ortho intramolecular Hbond substituents is 1. The van der Waals surface area contributed by atoms with E-state index in [2.05, 4.69) is 26.8 Å². The van der Waals surface area contributed by atoms with E-state index in [0.717, 1.165) is 6.42 Å². The highest BCUT2D eigenvalue weighted by molar-refractivity contribution is 5.40. The zero-order valence-electron chi connectivity index (χ0n) is 12.2. The van der Waals surface area contributed by atoms with E-state index in [1.165, 1.54) is 49.7 Å². The third kappa shape index (κ3) is 4.72. The zero-order valence-corrected chi connectivity index (χ0v) is 12.2. The topological polar surface area (TPSA) is 20.2 Å². The molecule has 0 saturated heterocycles. The van der Waals surface area contributed by atoms with Gasteiger partial charge in [0, 0.05) is 0 Å². The van der Waals surface area contributed by atoms with Gasteiger partial charge in [-0.15, -0.1) is 0 Å². The number of unbranched alkanes of at least 4 members (excludes halogenated alkanes) is 5. The van der Waals surface area contributed by atoms with Gasteiger partial charge in [0.2, 0.25) is 0 Å². The van der Waals surface area contributed by atoms with E-state index in [-0.39, 0.29) is 0 Å². The molecule has 1 nitrogen and oxygen atoms in total. The lowest BCUT2D eigenvalue weighted by atomic mass is 9.93. The number of rotatable bonds is 8. The van der Waals surface area contributed by atoms with Crippen LogP contribution < -0.4 is 0 Å². The van der Waals surface area contributed by atoms with Gasteiger partial charge in [0.25, 0.3) is 0 Å². The van der Waals surface area contributed by atoms with Crippen LogP contribution in [0.25, 0.3) is 0 Å². The van der Waals surface area contributed by atoms with Crippen LogP contribution in [0.3, 0.4) is 0 Å². The monoisotopic (exact) mass is 248 g/mol. The molecule has 1 aromatic rings. The number of hydrogen-bond acceptors (Lipinski definition) is 1. The summed E-state index contributed by atoms with van der Waals surface area (Å²) in [5, 5.41) is 9.98. The molecule has 1 rings (SSSR count). The Morgan fingerprint density at radius 3 is 2.33 bits per heavy atom. The molecule has 1 aromatic carbocycles. The molecule has 0 aliphatic carbocycles. The normalized spacial score (nSPS) is 11.1. The first-order chi connectivity index (χ1) is 8.66. The van der Waals surface area contributed by atoms with Crippen molar-refractivity contribution in [2.75, 3.05) is 0 Å². The van der Waals surface area contributed by atoms with Gasteiger partial charge in [-0.1, -0.05) is 65.0 Å². The Bertz CT molecular complexity index is 341. The van der Waals surface area contributed by atoms with Crippen molar-refractivity contribution < 1.29 is 5.11 Å². The zero-order chi connectivity index (χ0) is 13.4. The van der Waals surface area contributed by atoms with Crippen molar-refractivity contribution in [1.82, 2.24) is 0 Å². The second kappa shape index (κ2) is 8.18. The minimum atomic E-state index is 0.481. The van der Waals surface area contributed by atoms with Gasteiger partial charge < -0.3 is 5.11 Å². The van der Waals surface area contributed by atoms with Gasteiger partial charge in [-0.2, -0.15) is 0 Å². The van der Waals surface area contributed by atoms with Crippen molar-refractivity contribution >= 4 is 0 Å². The molecule has 1 heteroatoms. The minimum Gasteiger partial charge on any atom is -0.508 e. The van der Waals surface area contributed by atoms with Gasteiger partial charge in [0.05, 0.1) is 0 Å². The summed E-state index contributed by atoms with van der Waals surface area (Å²) in [6.07, 6.45) is 8.84. The van der Waals surface area contributed by atoms with E-state index in [1.807, 2.05) is 12.1 Å². The first kappa shape index (κ1) is 15.1. The Kier molecular flexibility index (Phi) is 6.85. The first-order valence-corrected chi connectivity index (χ1v) is 7.47. The second-order valence-electron chi connectivity index (χ2n) is 5.52. The SMILES string of the molecule is CCCCCCCCc1c(O)cccc1C(C)C. The van der Waals surface area contributed by atoms with E-state index < -0.39 is 0 Å². The number of benzene rings is 1. The van der Waals surface area contributed by atoms with E-state index in [9.17, 15) is 5.11 Å². The van der Waals surface area contributed by atoms with Crippen LogP contribution in [0.15, 0.2) is 18.2 Å². The lowest BCUT2D eigenvalue weighted by Gasteiger charge is -2.14. The number of hydrogen-bond donors (Lipinski definition) is 1. The Labute approximate surface area is 112 Å². The number of phenols is 1. The van der Waals surface area contributed by atoms with Gasteiger partial charge >= 0.3 is 0 Å². The lowest BCUT2D eigenvalue weighted by Crippen LogP contribution is -1.97. The minimum absolute atomic E-state index is 0.481. The molecule has 0 heterocycles. The molecule has 0 unspecified atom stereocenters. The largest absolute Gasteiger partial charge is 0.508 e.